The monoisotopic (exact) mass is 322 g/mol. The molecule has 4 rings (SSSR count). The largest absolute Gasteiger partial charge is 0.486 e. The fraction of sp³-hybridized carbons (Fsp3) is 0.118. The highest BCUT2D eigenvalue weighted by atomic mass is 16.6. The third-order valence-corrected chi connectivity index (χ3v) is 3.63. The van der Waals surface area contributed by atoms with Crippen LogP contribution < -0.4 is 14.8 Å². The molecule has 7 nitrogen and oxygen atoms in total. The fourth-order valence-electron chi connectivity index (χ4n) is 2.47. The van der Waals surface area contributed by atoms with Crippen LogP contribution in [0.4, 0.5) is 5.69 Å². The lowest BCUT2D eigenvalue weighted by molar-refractivity contribution is 0.102. The Morgan fingerprint density at radius 1 is 1.00 bits per heavy atom. The van der Waals surface area contributed by atoms with E-state index >= 15 is 0 Å². The molecule has 2 aromatic carbocycles. The van der Waals surface area contributed by atoms with Crippen molar-refractivity contribution < 1.29 is 14.3 Å². The van der Waals surface area contributed by atoms with Crippen molar-refractivity contribution in [2.45, 2.75) is 0 Å². The first kappa shape index (κ1) is 14.3. The Labute approximate surface area is 137 Å². The Bertz CT molecular complexity index is 877. The Balaban J connectivity index is 1.55. The molecule has 7 heteroatoms. The summed E-state index contributed by atoms with van der Waals surface area (Å²) in [6.07, 6.45) is 3.20. The van der Waals surface area contributed by atoms with Crippen molar-refractivity contribution in [3.8, 4) is 17.2 Å². The van der Waals surface area contributed by atoms with Gasteiger partial charge >= 0.3 is 0 Å². The summed E-state index contributed by atoms with van der Waals surface area (Å²) in [6.45, 7) is 1.01. The third-order valence-electron chi connectivity index (χ3n) is 3.63. The Morgan fingerprint density at radius 2 is 1.79 bits per heavy atom. The second-order valence-electron chi connectivity index (χ2n) is 5.23. The summed E-state index contributed by atoms with van der Waals surface area (Å²) in [4.78, 5) is 12.5. The van der Waals surface area contributed by atoms with Gasteiger partial charge in [0.15, 0.2) is 11.5 Å². The van der Waals surface area contributed by atoms with Crippen LogP contribution in [0.2, 0.25) is 0 Å². The molecule has 0 unspecified atom stereocenters. The molecule has 1 amide bonds. The zero-order valence-electron chi connectivity index (χ0n) is 12.7. The van der Waals surface area contributed by atoms with Gasteiger partial charge in [-0.2, -0.15) is 0 Å². The molecule has 0 radical (unpaired) electrons. The lowest BCUT2D eigenvalue weighted by Crippen LogP contribution is -2.17. The lowest BCUT2D eigenvalue weighted by atomic mass is 10.1. The minimum absolute atomic E-state index is 0.215. The number of nitrogens with zero attached hydrogens (tertiary/aromatic N) is 3. The number of amides is 1. The van der Waals surface area contributed by atoms with Crippen LogP contribution in [-0.4, -0.2) is 33.9 Å². The number of hydrogen-bond donors (Lipinski definition) is 1. The molecule has 1 aliphatic heterocycles. The van der Waals surface area contributed by atoms with Crippen LogP contribution in [0, 0.1) is 0 Å². The van der Waals surface area contributed by atoms with Crippen molar-refractivity contribution in [1.82, 2.24) is 14.8 Å². The van der Waals surface area contributed by atoms with E-state index in [1.54, 1.807) is 35.4 Å². The molecule has 0 saturated heterocycles. The van der Waals surface area contributed by atoms with Crippen molar-refractivity contribution in [3.63, 3.8) is 0 Å². The van der Waals surface area contributed by atoms with E-state index in [2.05, 4.69) is 15.5 Å². The molecular weight excluding hydrogens is 308 g/mol. The number of rotatable bonds is 3. The van der Waals surface area contributed by atoms with Gasteiger partial charge in [0, 0.05) is 11.3 Å². The molecule has 2 heterocycles. The Kier molecular flexibility index (Phi) is 3.59. The smallest absolute Gasteiger partial charge is 0.255 e. The highest BCUT2D eigenvalue weighted by Gasteiger charge is 2.15. The molecule has 120 valence electrons. The zero-order valence-corrected chi connectivity index (χ0v) is 12.7. The molecule has 3 aromatic rings. The van der Waals surface area contributed by atoms with E-state index < -0.39 is 0 Å². The first-order chi connectivity index (χ1) is 11.8. The second-order valence-corrected chi connectivity index (χ2v) is 5.23. The van der Waals surface area contributed by atoms with Gasteiger partial charge in [-0.25, -0.2) is 0 Å². The number of aromatic nitrogens is 3. The van der Waals surface area contributed by atoms with E-state index in [4.69, 9.17) is 9.47 Å². The lowest BCUT2D eigenvalue weighted by Gasteiger charge is -2.18. The van der Waals surface area contributed by atoms with Gasteiger partial charge in [-0.1, -0.05) is 6.07 Å². The zero-order chi connectivity index (χ0) is 16.4. The molecule has 0 fully saturated rings. The number of carbonyl (C=O) groups excluding carboxylic acids is 1. The summed E-state index contributed by atoms with van der Waals surface area (Å²) in [6, 6.07) is 12.6. The van der Waals surface area contributed by atoms with Crippen LogP contribution >= 0.6 is 0 Å². The number of anilines is 1. The summed E-state index contributed by atoms with van der Waals surface area (Å²) in [5.41, 5.74) is 2.05. The van der Waals surface area contributed by atoms with Crippen LogP contribution in [0.3, 0.4) is 0 Å². The molecule has 1 aliphatic rings. The predicted molar refractivity (Wildman–Crippen MR) is 86.7 cm³/mol. The number of nitrogens with one attached hydrogen (secondary N) is 1. The number of ether oxygens (including phenoxy) is 2. The molecule has 1 aromatic heterocycles. The minimum atomic E-state index is -0.215. The summed E-state index contributed by atoms with van der Waals surface area (Å²) in [5.74, 6) is 1.03. The summed E-state index contributed by atoms with van der Waals surface area (Å²) >= 11 is 0. The molecule has 0 spiro atoms. The minimum Gasteiger partial charge on any atom is -0.486 e. The summed E-state index contributed by atoms with van der Waals surface area (Å²) in [7, 11) is 0. The normalized spacial score (nSPS) is 12.7. The molecular formula is C17H14N4O3. The van der Waals surface area contributed by atoms with Gasteiger partial charge in [0.05, 0.1) is 5.69 Å². The number of hydrogen-bond acceptors (Lipinski definition) is 5. The predicted octanol–water partition coefficient (Wildman–Crippen LogP) is 2.29. The Morgan fingerprint density at radius 3 is 2.62 bits per heavy atom. The van der Waals surface area contributed by atoms with Crippen molar-refractivity contribution in [3.05, 3.63) is 60.7 Å². The topological polar surface area (TPSA) is 78.3 Å². The average molecular weight is 322 g/mol. The summed E-state index contributed by atoms with van der Waals surface area (Å²) in [5, 5.41) is 10.4. The molecule has 0 saturated carbocycles. The SMILES string of the molecule is O=C(Nc1cccc(-n2cnnc2)c1)c1ccc2c(c1)OCCO2. The van der Waals surface area contributed by atoms with Crippen molar-refractivity contribution in [2.24, 2.45) is 0 Å². The van der Waals surface area contributed by atoms with E-state index in [0.29, 0.717) is 36.0 Å². The number of carbonyl (C=O) groups is 1. The van der Waals surface area contributed by atoms with E-state index in [0.717, 1.165) is 5.69 Å². The fourth-order valence-corrected chi connectivity index (χ4v) is 2.47. The van der Waals surface area contributed by atoms with Crippen molar-refractivity contribution in [1.29, 1.82) is 0 Å². The first-order valence-electron chi connectivity index (χ1n) is 7.46. The van der Waals surface area contributed by atoms with Crippen LogP contribution in [0.5, 0.6) is 11.5 Å². The van der Waals surface area contributed by atoms with Crippen LogP contribution in [0.25, 0.3) is 5.69 Å². The van der Waals surface area contributed by atoms with Gasteiger partial charge in [0.1, 0.15) is 25.9 Å². The number of benzene rings is 2. The van der Waals surface area contributed by atoms with E-state index in [-0.39, 0.29) is 5.91 Å². The van der Waals surface area contributed by atoms with Gasteiger partial charge in [-0.05, 0) is 36.4 Å². The van der Waals surface area contributed by atoms with Gasteiger partial charge in [0.25, 0.3) is 5.91 Å². The second kappa shape index (κ2) is 6.04. The van der Waals surface area contributed by atoms with Crippen molar-refractivity contribution in [2.75, 3.05) is 18.5 Å². The Hall–Kier alpha value is -3.35. The highest BCUT2D eigenvalue weighted by molar-refractivity contribution is 6.04. The van der Waals surface area contributed by atoms with Crippen LogP contribution in [0.15, 0.2) is 55.1 Å². The van der Waals surface area contributed by atoms with Gasteiger partial charge in [-0.15, -0.1) is 10.2 Å². The molecule has 0 bridgehead atoms. The first-order valence-corrected chi connectivity index (χ1v) is 7.46. The quantitative estimate of drug-likeness (QED) is 0.800. The molecule has 24 heavy (non-hydrogen) atoms. The van der Waals surface area contributed by atoms with Crippen LogP contribution in [-0.2, 0) is 0 Å². The van der Waals surface area contributed by atoms with Gasteiger partial charge < -0.3 is 14.8 Å². The maximum Gasteiger partial charge on any atom is 0.255 e. The van der Waals surface area contributed by atoms with Gasteiger partial charge in [0.2, 0.25) is 0 Å². The maximum absolute atomic E-state index is 12.5. The summed E-state index contributed by atoms with van der Waals surface area (Å²) < 4.78 is 12.7. The van der Waals surface area contributed by atoms with Crippen molar-refractivity contribution >= 4 is 11.6 Å². The number of fused-ring (bicyclic) bond motifs is 1. The standard InChI is InChI=1S/C17H14N4O3/c22-17(12-4-5-15-16(8-12)24-7-6-23-15)20-13-2-1-3-14(9-13)21-10-18-19-11-21/h1-5,8-11H,6-7H2,(H,20,22). The average Bonchev–Trinajstić information content (AvgIpc) is 3.16. The van der Waals surface area contributed by atoms with E-state index in [1.807, 2.05) is 24.3 Å². The molecule has 0 aliphatic carbocycles. The molecule has 0 atom stereocenters. The third kappa shape index (κ3) is 2.79. The highest BCUT2D eigenvalue weighted by Crippen LogP contribution is 2.31. The van der Waals surface area contributed by atoms with E-state index in [1.165, 1.54) is 0 Å². The van der Waals surface area contributed by atoms with E-state index in [9.17, 15) is 4.79 Å². The maximum atomic E-state index is 12.5. The van der Waals surface area contributed by atoms with Crippen LogP contribution in [0.1, 0.15) is 10.4 Å². The molecule has 1 N–H and O–H groups in total. The van der Waals surface area contributed by atoms with Gasteiger partial charge in [-0.3, -0.25) is 9.36 Å².